The molecule has 0 radical (unpaired) electrons. The van der Waals surface area contributed by atoms with Gasteiger partial charge in [-0.2, -0.15) is 0 Å². The highest BCUT2D eigenvalue weighted by atomic mass is 32.1. The van der Waals surface area contributed by atoms with Gasteiger partial charge in [0, 0.05) is 0 Å². The van der Waals surface area contributed by atoms with Gasteiger partial charge < -0.3 is 17.1 Å². The Hall–Kier alpha value is 0.310. The van der Waals surface area contributed by atoms with Crippen LogP contribution >= 0.6 is 0 Å². The van der Waals surface area contributed by atoms with E-state index >= 15 is 0 Å². The average molecular weight is 105 g/mol. The standard InChI is InChI=1S/C4H11NS/c1-3-5(6)4-2/h5H,3-4H2,1-2H3. The molecule has 0 aliphatic heterocycles. The number of rotatable bonds is 2. The predicted octanol–water partition coefficient (Wildman–Crippen LogP) is -0.627. The molecule has 0 heterocycles. The molecule has 0 unspecified atom stereocenters. The monoisotopic (exact) mass is 105 g/mol. The van der Waals surface area contributed by atoms with Crippen LogP contribution in [0.5, 0.6) is 0 Å². The molecule has 0 atom stereocenters. The minimum Gasteiger partial charge on any atom is -0.496 e. The van der Waals surface area contributed by atoms with E-state index in [1.807, 2.05) is 0 Å². The van der Waals surface area contributed by atoms with Gasteiger partial charge in [0.2, 0.25) is 0 Å². The highest BCUT2D eigenvalue weighted by Crippen LogP contribution is 1.38. The van der Waals surface area contributed by atoms with Crippen LogP contribution in [0.25, 0.3) is 0 Å². The van der Waals surface area contributed by atoms with Crippen LogP contribution < -0.4 is 4.31 Å². The summed E-state index contributed by atoms with van der Waals surface area (Å²) in [5, 5.41) is 0. The molecule has 6 heavy (non-hydrogen) atoms. The molecule has 1 nitrogen and oxygen atoms in total. The second-order valence-corrected chi connectivity index (χ2v) is 1.82. The van der Waals surface area contributed by atoms with Gasteiger partial charge in [-0.25, -0.2) is 0 Å². The van der Waals surface area contributed by atoms with Crippen molar-refractivity contribution in [2.24, 2.45) is 0 Å². The molecule has 0 saturated carbocycles. The van der Waals surface area contributed by atoms with Gasteiger partial charge in [-0.3, -0.25) is 0 Å². The maximum absolute atomic E-state index is 4.86. The summed E-state index contributed by atoms with van der Waals surface area (Å²) < 4.78 is 1.18. The van der Waals surface area contributed by atoms with Crippen LogP contribution in [0.2, 0.25) is 0 Å². The third-order valence-electron chi connectivity index (χ3n) is 0.789. The van der Waals surface area contributed by atoms with E-state index in [9.17, 15) is 0 Å². The van der Waals surface area contributed by atoms with Crippen LogP contribution in [0.4, 0.5) is 0 Å². The molecule has 2 heteroatoms. The Balaban J connectivity index is 2.75. The van der Waals surface area contributed by atoms with Gasteiger partial charge >= 0.3 is 0 Å². The molecule has 0 amide bonds. The third kappa shape index (κ3) is 2.54. The van der Waals surface area contributed by atoms with Crippen LogP contribution in [0, 0.1) is 0 Å². The van der Waals surface area contributed by atoms with Crippen molar-refractivity contribution >= 4 is 12.8 Å². The van der Waals surface area contributed by atoms with Crippen molar-refractivity contribution in [1.29, 1.82) is 0 Å². The molecule has 0 bridgehead atoms. The summed E-state index contributed by atoms with van der Waals surface area (Å²) in [6.45, 7) is 6.30. The van der Waals surface area contributed by atoms with Gasteiger partial charge in [-0.05, 0) is 13.8 Å². The van der Waals surface area contributed by atoms with Gasteiger partial charge in [-0.1, -0.05) is 0 Å². The lowest BCUT2D eigenvalue weighted by Crippen LogP contribution is -3.06. The Morgan fingerprint density at radius 1 is 1.33 bits per heavy atom. The molecule has 0 aromatic carbocycles. The second kappa shape index (κ2) is 3.50. The molecule has 0 spiro atoms. The average Bonchev–Trinajstić information content (AvgIpc) is 1.65. The van der Waals surface area contributed by atoms with Crippen molar-refractivity contribution in [3.8, 4) is 0 Å². The van der Waals surface area contributed by atoms with Crippen molar-refractivity contribution in [2.75, 3.05) is 13.1 Å². The first-order valence-corrected chi connectivity index (χ1v) is 2.73. The summed E-state index contributed by atoms with van der Waals surface area (Å²) in [7, 11) is 0. The molecule has 0 aliphatic carbocycles. The molecular weight excluding hydrogens is 94.1 g/mol. The van der Waals surface area contributed by atoms with E-state index in [2.05, 4.69) is 13.8 Å². The Labute approximate surface area is 44.9 Å². The van der Waals surface area contributed by atoms with Crippen LogP contribution in [-0.4, -0.2) is 13.1 Å². The predicted molar refractivity (Wildman–Crippen MR) is 29.4 cm³/mol. The minimum atomic E-state index is 1.06. The minimum absolute atomic E-state index is 1.06. The van der Waals surface area contributed by atoms with E-state index in [0.29, 0.717) is 0 Å². The topological polar surface area (TPSA) is 4.44 Å². The molecule has 0 rings (SSSR count). The summed E-state index contributed by atoms with van der Waals surface area (Å²) in [6, 6.07) is 0. The van der Waals surface area contributed by atoms with Gasteiger partial charge in [0.1, 0.15) is 0 Å². The Morgan fingerprint density at radius 2 is 1.67 bits per heavy atom. The first-order chi connectivity index (χ1) is 2.81. The third-order valence-corrected chi connectivity index (χ3v) is 1.37. The fourth-order valence-electron chi connectivity index (χ4n) is 0.250. The van der Waals surface area contributed by atoms with Crippen LogP contribution in [0.1, 0.15) is 13.8 Å². The van der Waals surface area contributed by atoms with Gasteiger partial charge in [0.15, 0.2) is 0 Å². The summed E-state index contributed by atoms with van der Waals surface area (Å²) in [4.78, 5) is 0. The lowest BCUT2D eigenvalue weighted by molar-refractivity contribution is -0.749. The molecule has 0 fully saturated rings. The molecule has 0 aromatic heterocycles. The molecule has 38 valence electrons. The van der Waals surface area contributed by atoms with E-state index in [4.69, 9.17) is 12.8 Å². The summed E-state index contributed by atoms with van der Waals surface area (Å²) >= 11 is 4.86. The largest absolute Gasteiger partial charge is 0.496 e. The SMILES string of the molecule is CC[NH+]([S-])CC. The number of quaternary nitrogens is 1. The highest BCUT2D eigenvalue weighted by Gasteiger charge is 1.76. The molecule has 0 aromatic rings. The quantitative estimate of drug-likeness (QED) is 0.458. The summed E-state index contributed by atoms with van der Waals surface area (Å²) in [5.74, 6) is 0. The van der Waals surface area contributed by atoms with Crippen molar-refractivity contribution in [1.82, 2.24) is 0 Å². The van der Waals surface area contributed by atoms with Gasteiger partial charge in [0.25, 0.3) is 0 Å². The van der Waals surface area contributed by atoms with Crippen LogP contribution in [-0.2, 0) is 12.8 Å². The first kappa shape index (κ1) is 6.31. The normalized spacial score (nSPS) is 10.0. The fraction of sp³-hybridized carbons (Fsp3) is 1.00. The second-order valence-electron chi connectivity index (χ2n) is 1.25. The van der Waals surface area contributed by atoms with E-state index in [-0.39, 0.29) is 0 Å². The lowest BCUT2D eigenvalue weighted by atomic mass is 10.7. The molecular formula is C4H11NS. The molecule has 0 aliphatic rings. The number of hydrogen-bond acceptors (Lipinski definition) is 1. The summed E-state index contributed by atoms with van der Waals surface area (Å²) in [5.41, 5.74) is 0. The fourth-order valence-corrected chi connectivity index (χ4v) is 0.250. The smallest absolute Gasteiger partial charge is 0.0578 e. The van der Waals surface area contributed by atoms with Crippen molar-refractivity contribution in [3.63, 3.8) is 0 Å². The zero-order valence-electron chi connectivity index (χ0n) is 4.32. The first-order valence-electron chi connectivity index (χ1n) is 2.33. The van der Waals surface area contributed by atoms with E-state index in [0.717, 1.165) is 13.1 Å². The Kier molecular flexibility index (Phi) is 3.68. The van der Waals surface area contributed by atoms with E-state index < -0.39 is 0 Å². The highest BCUT2D eigenvalue weighted by molar-refractivity contribution is 7.51. The Bertz CT molecular complexity index is 26.7. The van der Waals surface area contributed by atoms with Crippen molar-refractivity contribution in [2.45, 2.75) is 13.8 Å². The maximum Gasteiger partial charge on any atom is 0.0578 e. The van der Waals surface area contributed by atoms with E-state index in [1.54, 1.807) is 0 Å². The van der Waals surface area contributed by atoms with Crippen LogP contribution in [0.15, 0.2) is 0 Å². The zero-order chi connectivity index (χ0) is 4.99. The van der Waals surface area contributed by atoms with Crippen LogP contribution in [0.3, 0.4) is 0 Å². The Morgan fingerprint density at radius 3 is 1.67 bits per heavy atom. The van der Waals surface area contributed by atoms with Crippen molar-refractivity contribution in [3.05, 3.63) is 0 Å². The zero-order valence-corrected chi connectivity index (χ0v) is 5.14. The number of hydrogen-bond donors (Lipinski definition) is 1. The number of nitrogens with one attached hydrogen (secondary N) is 1. The van der Waals surface area contributed by atoms with Gasteiger partial charge in [-0.15, -0.1) is 0 Å². The maximum atomic E-state index is 4.86. The van der Waals surface area contributed by atoms with Gasteiger partial charge in [0.05, 0.1) is 13.1 Å². The van der Waals surface area contributed by atoms with E-state index in [1.165, 1.54) is 4.31 Å². The summed E-state index contributed by atoms with van der Waals surface area (Å²) in [6.07, 6.45) is 0. The lowest BCUT2D eigenvalue weighted by Gasteiger charge is -2.17. The molecule has 0 saturated heterocycles. The van der Waals surface area contributed by atoms with Crippen molar-refractivity contribution < 1.29 is 4.31 Å². The molecule has 1 N–H and O–H groups in total.